The van der Waals surface area contributed by atoms with E-state index in [1.165, 1.54) is 16.8 Å². The van der Waals surface area contributed by atoms with Crippen LogP contribution in [0.1, 0.15) is 18.4 Å². The molecule has 0 bridgehead atoms. The largest absolute Gasteiger partial charge is 0.378 e. The van der Waals surface area contributed by atoms with E-state index in [4.69, 9.17) is 16.3 Å². The quantitative estimate of drug-likeness (QED) is 0.517. The summed E-state index contributed by atoms with van der Waals surface area (Å²) in [5, 5.41) is 7.55. The maximum atomic E-state index is 12.1. The molecule has 2 aliphatic rings. The molecular formula is C24H25ClN4O2. The molecule has 6 nitrogen and oxygen atoms in total. The highest BCUT2D eigenvalue weighted by molar-refractivity contribution is 6.30. The molecule has 7 heteroatoms. The van der Waals surface area contributed by atoms with Crippen LogP contribution in [0.3, 0.4) is 0 Å². The number of carbonyl (C=O) groups excluding carboxylic acids is 1. The SMILES string of the molecule is O=C(N/N=C\C1=C(N2CCOCC2)C(=C/c2ccccc2)/CC1)Nc1ccc(Cl)cc1. The molecule has 1 aliphatic heterocycles. The lowest BCUT2D eigenvalue weighted by Gasteiger charge is -2.31. The van der Waals surface area contributed by atoms with Gasteiger partial charge in [0.25, 0.3) is 0 Å². The average molecular weight is 437 g/mol. The molecule has 0 radical (unpaired) electrons. The molecule has 2 N–H and O–H groups in total. The van der Waals surface area contributed by atoms with Crippen LogP contribution in [-0.4, -0.2) is 43.4 Å². The van der Waals surface area contributed by atoms with Crippen molar-refractivity contribution < 1.29 is 9.53 Å². The van der Waals surface area contributed by atoms with E-state index in [0.717, 1.165) is 31.5 Å². The van der Waals surface area contributed by atoms with Crippen molar-refractivity contribution >= 4 is 35.6 Å². The Morgan fingerprint density at radius 2 is 1.77 bits per heavy atom. The summed E-state index contributed by atoms with van der Waals surface area (Å²) in [6.07, 6.45) is 5.83. The van der Waals surface area contributed by atoms with Crippen LogP contribution in [0.4, 0.5) is 10.5 Å². The lowest BCUT2D eigenvalue weighted by atomic mass is 10.1. The van der Waals surface area contributed by atoms with Crippen molar-refractivity contribution in [3.8, 4) is 0 Å². The number of hydrogen-bond donors (Lipinski definition) is 2. The summed E-state index contributed by atoms with van der Waals surface area (Å²) in [5.41, 5.74) is 8.00. The van der Waals surface area contributed by atoms with Gasteiger partial charge in [-0.1, -0.05) is 41.9 Å². The third kappa shape index (κ3) is 5.75. The molecule has 2 amide bonds. The van der Waals surface area contributed by atoms with Crippen LogP contribution in [0, 0.1) is 0 Å². The zero-order chi connectivity index (χ0) is 21.5. The molecule has 160 valence electrons. The minimum Gasteiger partial charge on any atom is -0.378 e. The maximum Gasteiger partial charge on any atom is 0.339 e. The molecule has 1 heterocycles. The number of anilines is 1. The van der Waals surface area contributed by atoms with Crippen LogP contribution in [0.25, 0.3) is 6.08 Å². The second-order valence-corrected chi connectivity index (χ2v) is 7.82. The Kier molecular flexibility index (Phi) is 7.02. The summed E-state index contributed by atoms with van der Waals surface area (Å²) in [6, 6.07) is 16.9. The molecule has 2 aromatic rings. The Morgan fingerprint density at radius 1 is 1.03 bits per heavy atom. The highest BCUT2D eigenvalue weighted by Gasteiger charge is 2.25. The van der Waals surface area contributed by atoms with E-state index in [2.05, 4.69) is 39.0 Å². The van der Waals surface area contributed by atoms with Gasteiger partial charge in [-0.2, -0.15) is 5.10 Å². The Hall–Kier alpha value is -3.09. The number of hydrazone groups is 1. The van der Waals surface area contributed by atoms with Crippen molar-refractivity contribution in [2.75, 3.05) is 31.6 Å². The number of ether oxygens (including phenoxy) is 1. The molecule has 4 rings (SSSR count). The number of urea groups is 1. The van der Waals surface area contributed by atoms with Crippen LogP contribution in [0.2, 0.25) is 5.02 Å². The molecule has 2 aromatic carbocycles. The lowest BCUT2D eigenvalue weighted by Crippen LogP contribution is -2.36. The van der Waals surface area contributed by atoms with Crippen LogP contribution in [-0.2, 0) is 4.74 Å². The number of nitrogens with zero attached hydrogens (tertiary/aromatic N) is 2. The molecular weight excluding hydrogens is 412 g/mol. The molecule has 1 saturated heterocycles. The Labute approximate surface area is 187 Å². The van der Waals surface area contributed by atoms with E-state index < -0.39 is 6.03 Å². The smallest absolute Gasteiger partial charge is 0.339 e. The van der Waals surface area contributed by atoms with E-state index in [-0.39, 0.29) is 0 Å². The molecule has 0 saturated carbocycles. The Morgan fingerprint density at radius 3 is 2.52 bits per heavy atom. The van der Waals surface area contributed by atoms with Crippen molar-refractivity contribution in [3.63, 3.8) is 0 Å². The first-order valence-electron chi connectivity index (χ1n) is 10.4. The van der Waals surface area contributed by atoms with Crippen molar-refractivity contribution in [1.29, 1.82) is 0 Å². The van der Waals surface area contributed by atoms with E-state index in [1.54, 1.807) is 30.5 Å². The summed E-state index contributed by atoms with van der Waals surface area (Å²) in [5.74, 6) is 0. The number of halogens is 1. The third-order valence-electron chi connectivity index (χ3n) is 5.23. The number of hydrogen-bond acceptors (Lipinski definition) is 4. The van der Waals surface area contributed by atoms with Gasteiger partial charge >= 0.3 is 6.03 Å². The van der Waals surface area contributed by atoms with Gasteiger partial charge in [0.1, 0.15) is 0 Å². The monoisotopic (exact) mass is 436 g/mol. The van der Waals surface area contributed by atoms with Gasteiger partial charge in [0, 0.05) is 29.5 Å². The summed E-state index contributed by atoms with van der Waals surface area (Å²) in [4.78, 5) is 14.5. The van der Waals surface area contributed by atoms with Gasteiger partial charge in [0.05, 0.1) is 19.4 Å². The van der Waals surface area contributed by atoms with Crippen LogP contribution >= 0.6 is 11.6 Å². The average Bonchev–Trinajstić information content (AvgIpc) is 3.19. The van der Waals surface area contributed by atoms with Gasteiger partial charge in [-0.15, -0.1) is 0 Å². The van der Waals surface area contributed by atoms with Crippen molar-refractivity contribution in [3.05, 3.63) is 82.0 Å². The first-order chi connectivity index (χ1) is 15.2. The topological polar surface area (TPSA) is 66.0 Å². The molecule has 0 spiro atoms. The third-order valence-corrected chi connectivity index (χ3v) is 5.48. The molecule has 1 aliphatic carbocycles. The number of amides is 2. The van der Waals surface area contributed by atoms with Gasteiger partial charge in [-0.05, 0) is 59.9 Å². The zero-order valence-electron chi connectivity index (χ0n) is 17.2. The number of allylic oxidation sites excluding steroid dienone is 2. The molecule has 1 fully saturated rings. The summed E-state index contributed by atoms with van der Waals surface area (Å²) >= 11 is 5.87. The molecule has 31 heavy (non-hydrogen) atoms. The minimum absolute atomic E-state index is 0.398. The fourth-order valence-corrected chi connectivity index (χ4v) is 3.91. The molecule has 0 atom stereocenters. The predicted octanol–water partition coefficient (Wildman–Crippen LogP) is 4.91. The highest BCUT2D eigenvalue weighted by Crippen LogP contribution is 2.34. The van der Waals surface area contributed by atoms with Crippen LogP contribution in [0.15, 0.2) is 76.5 Å². The predicted molar refractivity (Wildman–Crippen MR) is 125 cm³/mol. The van der Waals surface area contributed by atoms with Crippen LogP contribution in [0.5, 0.6) is 0 Å². The van der Waals surface area contributed by atoms with E-state index in [9.17, 15) is 4.79 Å². The Balaban J connectivity index is 1.49. The van der Waals surface area contributed by atoms with Gasteiger partial charge in [0.2, 0.25) is 0 Å². The molecule has 0 aromatic heterocycles. The van der Waals surface area contributed by atoms with E-state index in [0.29, 0.717) is 23.9 Å². The first-order valence-corrected chi connectivity index (χ1v) is 10.7. The number of rotatable bonds is 5. The second kappa shape index (κ2) is 10.3. The lowest BCUT2D eigenvalue weighted by molar-refractivity contribution is 0.0548. The normalized spacial score (nSPS) is 18.1. The van der Waals surface area contributed by atoms with Gasteiger partial charge in [-0.3, -0.25) is 0 Å². The van der Waals surface area contributed by atoms with Crippen molar-refractivity contribution in [1.82, 2.24) is 10.3 Å². The van der Waals surface area contributed by atoms with Gasteiger partial charge in [0.15, 0.2) is 0 Å². The van der Waals surface area contributed by atoms with Gasteiger partial charge in [-0.25, -0.2) is 10.2 Å². The van der Waals surface area contributed by atoms with Crippen molar-refractivity contribution in [2.45, 2.75) is 12.8 Å². The number of benzene rings is 2. The number of nitrogens with one attached hydrogen (secondary N) is 2. The van der Waals surface area contributed by atoms with Crippen LogP contribution < -0.4 is 10.7 Å². The second-order valence-electron chi connectivity index (χ2n) is 7.38. The van der Waals surface area contributed by atoms with E-state index >= 15 is 0 Å². The minimum atomic E-state index is -0.398. The fraction of sp³-hybridized carbons (Fsp3) is 0.250. The fourth-order valence-electron chi connectivity index (χ4n) is 3.78. The summed E-state index contributed by atoms with van der Waals surface area (Å²) < 4.78 is 5.53. The zero-order valence-corrected chi connectivity index (χ0v) is 17.9. The van der Waals surface area contributed by atoms with Crippen molar-refractivity contribution in [2.24, 2.45) is 5.10 Å². The standard InChI is InChI=1S/C24H25ClN4O2/c25-21-8-10-22(11-9-21)27-24(30)28-26-17-20-7-6-19(16-18-4-2-1-3-5-18)23(20)29-12-14-31-15-13-29/h1-5,8-11,16-17H,6-7,12-15H2,(H2,27,28,30)/b19-16+,26-17-. The summed E-state index contributed by atoms with van der Waals surface area (Å²) in [7, 11) is 0. The van der Waals surface area contributed by atoms with E-state index in [1.807, 2.05) is 18.2 Å². The number of morpholine rings is 1. The summed E-state index contributed by atoms with van der Waals surface area (Å²) in [6.45, 7) is 3.13. The molecule has 0 unspecified atom stereocenters. The first kappa shape index (κ1) is 21.2. The highest BCUT2D eigenvalue weighted by atomic mass is 35.5. The number of carbonyl (C=O) groups is 1. The maximum absolute atomic E-state index is 12.1. The van der Waals surface area contributed by atoms with Gasteiger partial charge < -0.3 is 15.0 Å². The Bertz CT molecular complexity index is 994.